The fourth-order valence-corrected chi connectivity index (χ4v) is 4.01. The number of hydrogen-bond acceptors (Lipinski definition) is 3. The molecule has 4 heteroatoms. The molecule has 1 unspecified atom stereocenters. The van der Waals surface area contributed by atoms with Crippen molar-refractivity contribution in [2.45, 2.75) is 76.9 Å². The lowest BCUT2D eigenvalue weighted by Crippen LogP contribution is -2.32. The molecule has 4 atom stereocenters. The standard InChI is InChI=1S/C20H30O4/c1-12(6-5-9-20(3,4)24)18-16-11-14(19(22)23)7-8-15(16)13(2)10-17(18)21/h7-8,11-13,17-18,21,24H,5-6,9-10H2,1-4H3,(H,22,23)/t12-,13+,17?,18+/m0/s1. The maximum Gasteiger partial charge on any atom is 0.335 e. The molecule has 134 valence electrons. The lowest BCUT2D eigenvalue weighted by atomic mass is 9.69. The lowest BCUT2D eigenvalue weighted by Gasteiger charge is -2.38. The highest BCUT2D eigenvalue weighted by Gasteiger charge is 2.35. The van der Waals surface area contributed by atoms with Crippen molar-refractivity contribution in [3.05, 3.63) is 34.9 Å². The largest absolute Gasteiger partial charge is 0.478 e. The number of aromatic carboxylic acids is 1. The Morgan fingerprint density at radius 3 is 2.58 bits per heavy atom. The van der Waals surface area contributed by atoms with Gasteiger partial charge in [0.2, 0.25) is 0 Å². The fourth-order valence-electron chi connectivity index (χ4n) is 4.01. The summed E-state index contributed by atoms with van der Waals surface area (Å²) in [5, 5.41) is 29.8. The van der Waals surface area contributed by atoms with Crippen LogP contribution in [0.15, 0.2) is 18.2 Å². The molecule has 0 heterocycles. The second-order valence-corrected chi connectivity index (χ2v) is 8.06. The van der Waals surface area contributed by atoms with Crippen LogP contribution in [0.3, 0.4) is 0 Å². The Morgan fingerprint density at radius 1 is 1.33 bits per heavy atom. The van der Waals surface area contributed by atoms with Crippen molar-refractivity contribution >= 4 is 5.97 Å². The van der Waals surface area contributed by atoms with Crippen LogP contribution in [-0.4, -0.2) is 33.0 Å². The number of benzene rings is 1. The molecule has 1 aromatic rings. The molecule has 3 N–H and O–H groups in total. The summed E-state index contributed by atoms with van der Waals surface area (Å²) in [7, 11) is 0. The number of aliphatic hydroxyl groups is 2. The Balaban J connectivity index is 2.24. The molecule has 2 rings (SSSR count). The molecule has 0 radical (unpaired) electrons. The molecule has 0 fully saturated rings. The number of hydrogen-bond donors (Lipinski definition) is 3. The van der Waals surface area contributed by atoms with Gasteiger partial charge in [-0.15, -0.1) is 0 Å². The van der Waals surface area contributed by atoms with Gasteiger partial charge >= 0.3 is 5.97 Å². The minimum Gasteiger partial charge on any atom is -0.478 e. The molecule has 0 spiro atoms. The highest BCUT2D eigenvalue weighted by Crippen LogP contribution is 2.44. The molecular formula is C20H30O4. The third-order valence-corrected chi connectivity index (χ3v) is 5.29. The van der Waals surface area contributed by atoms with Gasteiger partial charge in [0, 0.05) is 5.92 Å². The predicted octanol–water partition coefficient (Wildman–Crippen LogP) is 3.91. The zero-order chi connectivity index (χ0) is 18.1. The molecule has 0 aromatic heterocycles. The van der Waals surface area contributed by atoms with Crippen molar-refractivity contribution in [2.75, 3.05) is 0 Å². The van der Waals surface area contributed by atoms with E-state index < -0.39 is 17.7 Å². The van der Waals surface area contributed by atoms with Crippen LogP contribution in [0.5, 0.6) is 0 Å². The fraction of sp³-hybridized carbons (Fsp3) is 0.650. The first-order valence-corrected chi connectivity index (χ1v) is 8.87. The summed E-state index contributed by atoms with van der Waals surface area (Å²) in [5.74, 6) is -0.508. The molecule has 0 aliphatic heterocycles. The normalized spacial score (nSPS) is 25.2. The average Bonchev–Trinajstić information content (AvgIpc) is 2.45. The number of carbonyl (C=O) groups is 1. The van der Waals surface area contributed by atoms with Crippen molar-refractivity contribution in [3.8, 4) is 0 Å². The van der Waals surface area contributed by atoms with E-state index in [2.05, 4.69) is 13.8 Å². The Labute approximate surface area is 144 Å². The van der Waals surface area contributed by atoms with Gasteiger partial charge in [-0.3, -0.25) is 0 Å². The van der Waals surface area contributed by atoms with Gasteiger partial charge in [-0.1, -0.05) is 26.3 Å². The van der Waals surface area contributed by atoms with Crippen molar-refractivity contribution < 1.29 is 20.1 Å². The Kier molecular flexibility index (Phi) is 5.71. The zero-order valence-corrected chi connectivity index (χ0v) is 15.1. The zero-order valence-electron chi connectivity index (χ0n) is 15.1. The minimum atomic E-state index is -0.932. The maximum atomic E-state index is 11.3. The molecule has 1 aromatic carbocycles. The van der Waals surface area contributed by atoms with Gasteiger partial charge in [0.1, 0.15) is 0 Å². The average molecular weight is 334 g/mol. The predicted molar refractivity (Wildman–Crippen MR) is 94.5 cm³/mol. The summed E-state index contributed by atoms with van der Waals surface area (Å²) in [5.41, 5.74) is 1.75. The van der Waals surface area contributed by atoms with E-state index in [1.807, 2.05) is 19.9 Å². The van der Waals surface area contributed by atoms with E-state index >= 15 is 0 Å². The Hall–Kier alpha value is -1.39. The minimum absolute atomic E-state index is 0.0442. The number of aliphatic hydroxyl groups excluding tert-OH is 1. The van der Waals surface area contributed by atoms with Crippen LogP contribution in [-0.2, 0) is 0 Å². The van der Waals surface area contributed by atoms with Gasteiger partial charge in [-0.25, -0.2) is 4.79 Å². The van der Waals surface area contributed by atoms with Gasteiger partial charge in [-0.05, 0) is 68.2 Å². The number of fused-ring (bicyclic) bond motifs is 1. The quantitative estimate of drug-likeness (QED) is 0.737. The van der Waals surface area contributed by atoms with Crippen LogP contribution in [0, 0.1) is 5.92 Å². The van der Waals surface area contributed by atoms with Gasteiger partial charge in [0.15, 0.2) is 0 Å². The molecular weight excluding hydrogens is 304 g/mol. The van der Waals surface area contributed by atoms with Gasteiger partial charge in [0.05, 0.1) is 17.3 Å². The summed E-state index contributed by atoms with van der Waals surface area (Å²) in [4.78, 5) is 11.3. The number of carboxylic acids is 1. The third-order valence-electron chi connectivity index (χ3n) is 5.29. The second kappa shape index (κ2) is 7.24. The molecule has 0 saturated heterocycles. The first kappa shape index (κ1) is 18.9. The van der Waals surface area contributed by atoms with E-state index in [1.165, 1.54) is 0 Å². The van der Waals surface area contributed by atoms with E-state index in [1.54, 1.807) is 12.1 Å². The second-order valence-electron chi connectivity index (χ2n) is 8.06. The summed E-state index contributed by atoms with van der Waals surface area (Å²) >= 11 is 0. The molecule has 1 aliphatic rings. The number of rotatable bonds is 6. The van der Waals surface area contributed by atoms with Crippen molar-refractivity contribution in [1.82, 2.24) is 0 Å². The van der Waals surface area contributed by atoms with Crippen LogP contribution >= 0.6 is 0 Å². The molecule has 0 amide bonds. The van der Waals surface area contributed by atoms with Crippen LogP contribution in [0.25, 0.3) is 0 Å². The molecule has 1 aliphatic carbocycles. The summed E-state index contributed by atoms with van der Waals surface area (Å²) < 4.78 is 0. The summed E-state index contributed by atoms with van der Waals surface area (Å²) in [6.45, 7) is 7.82. The van der Waals surface area contributed by atoms with Crippen LogP contribution in [0.1, 0.15) is 86.7 Å². The highest BCUT2D eigenvalue weighted by molar-refractivity contribution is 5.88. The Morgan fingerprint density at radius 2 is 2.00 bits per heavy atom. The van der Waals surface area contributed by atoms with Crippen molar-refractivity contribution in [1.29, 1.82) is 0 Å². The molecule has 0 bridgehead atoms. The van der Waals surface area contributed by atoms with Gasteiger partial charge in [-0.2, -0.15) is 0 Å². The van der Waals surface area contributed by atoms with Crippen LogP contribution in [0.2, 0.25) is 0 Å². The monoisotopic (exact) mass is 334 g/mol. The first-order valence-electron chi connectivity index (χ1n) is 8.87. The van der Waals surface area contributed by atoms with E-state index in [-0.39, 0.29) is 23.3 Å². The van der Waals surface area contributed by atoms with E-state index in [4.69, 9.17) is 0 Å². The van der Waals surface area contributed by atoms with Crippen molar-refractivity contribution in [3.63, 3.8) is 0 Å². The Bertz CT molecular complexity index is 588. The van der Waals surface area contributed by atoms with Gasteiger partial charge < -0.3 is 15.3 Å². The van der Waals surface area contributed by atoms with Gasteiger partial charge in [0.25, 0.3) is 0 Å². The molecule has 4 nitrogen and oxygen atoms in total. The van der Waals surface area contributed by atoms with E-state index in [0.29, 0.717) is 6.42 Å². The SMILES string of the molecule is C[C@@H]1CC(O)[C@H]([C@@H](C)CCCC(C)(C)O)c2cc(C(=O)O)ccc21. The van der Waals surface area contributed by atoms with Crippen LogP contribution < -0.4 is 0 Å². The number of carboxylic acid groups (broad SMARTS) is 1. The summed E-state index contributed by atoms with van der Waals surface area (Å²) in [6, 6.07) is 5.31. The highest BCUT2D eigenvalue weighted by atomic mass is 16.4. The molecule has 24 heavy (non-hydrogen) atoms. The van der Waals surface area contributed by atoms with E-state index in [9.17, 15) is 20.1 Å². The van der Waals surface area contributed by atoms with Crippen molar-refractivity contribution in [2.24, 2.45) is 5.92 Å². The maximum absolute atomic E-state index is 11.3. The van der Waals surface area contributed by atoms with E-state index in [0.717, 1.165) is 30.4 Å². The smallest absolute Gasteiger partial charge is 0.335 e. The summed E-state index contributed by atoms with van der Waals surface area (Å²) in [6.07, 6.45) is 2.76. The first-order chi connectivity index (χ1) is 11.1. The third kappa shape index (κ3) is 4.37. The molecule has 0 saturated carbocycles. The lowest BCUT2D eigenvalue weighted by molar-refractivity contribution is 0.0616. The topological polar surface area (TPSA) is 77.8 Å². The van der Waals surface area contributed by atoms with Crippen LogP contribution in [0.4, 0.5) is 0 Å².